The predicted octanol–water partition coefficient (Wildman–Crippen LogP) is 1.88. The molecular formula is C23H27N5O4S. The Morgan fingerprint density at radius 2 is 1.70 bits per heavy atom. The molecule has 1 aliphatic heterocycles. The molecule has 0 unspecified atom stereocenters. The highest BCUT2D eigenvalue weighted by atomic mass is 32.2. The number of likely N-dealkylation sites (N-methyl/N-ethyl adjacent to an activating group) is 1. The summed E-state index contributed by atoms with van der Waals surface area (Å²) in [6.45, 7) is 3.54. The van der Waals surface area contributed by atoms with Gasteiger partial charge in [0.1, 0.15) is 0 Å². The van der Waals surface area contributed by atoms with Gasteiger partial charge in [-0.2, -0.15) is 9.57 Å². The number of hydrogen-bond donors (Lipinski definition) is 1. The number of sulfonamides is 1. The van der Waals surface area contributed by atoms with Gasteiger partial charge in [-0.1, -0.05) is 0 Å². The van der Waals surface area contributed by atoms with Crippen LogP contribution in [0.1, 0.15) is 18.9 Å². The summed E-state index contributed by atoms with van der Waals surface area (Å²) in [5.41, 5.74) is 2.08. The van der Waals surface area contributed by atoms with E-state index in [4.69, 9.17) is 5.26 Å². The summed E-state index contributed by atoms with van der Waals surface area (Å²) in [4.78, 5) is 27.9. The van der Waals surface area contributed by atoms with Crippen LogP contribution < -0.4 is 10.2 Å². The number of rotatable bonds is 6. The van der Waals surface area contributed by atoms with E-state index in [-0.39, 0.29) is 23.3 Å². The molecule has 2 aromatic rings. The molecule has 174 valence electrons. The molecule has 33 heavy (non-hydrogen) atoms. The molecule has 0 aliphatic carbocycles. The molecule has 0 saturated carbocycles. The lowest BCUT2D eigenvalue weighted by molar-refractivity contribution is -0.131. The van der Waals surface area contributed by atoms with Crippen molar-refractivity contribution in [2.45, 2.75) is 18.2 Å². The van der Waals surface area contributed by atoms with Gasteiger partial charge in [-0.05, 0) is 55.0 Å². The lowest BCUT2D eigenvalue weighted by atomic mass is 10.2. The van der Waals surface area contributed by atoms with Crippen molar-refractivity contribution in [3.05, 3.63) is 54.1 Å². The normalized spacial score (nSPS) is 14.5. The fraction of sp³-hybridized carbons (Fsp3) is 0.348. The topological polar surface area (TPSA) is 114 Å². The summed E-state index contributed by atoms with van der Waals surface area (Å²) in [5.74, 6) is -0.499. The van der Waals surface area contributed by atoms with Crippen molar-refractivity contribution >= 4 is 33.2 Å². The van der Waals surface area contributed by atoms with Crippen molar-refractivity contribution in [2.75, 3.05) is 50.0 Å². The van der Waals surface area contributed by atoms with Gasteiger partial charge >= 0.3 is 0 Å². The third kappa shape index (κ3) is 6.09. The molecule has 2 aromatic carbocycles. The average molecular weight is 470 g/mol. The van der Waals surface area contributed by atoms with Crippen LogP contribution >= 0.6 is 0 Å². The lowest BCUT2D eigenvalue weighted by Crippen LogP contribution is -2.42. The first-order valence-corrected chi connectivity index (χ1v) is 12.0. The molecule has 1 fully saturated rings. The standard InChI is InChI=1S/C23H27N5O4S/c1-18(29)25-20-6-10-22(11-7-20)33(31,32)26(2)17-23(30)28-13-3-12-27(14-15-28)21-8-4-19(16-24)5-9-21/h4-11H,3,12-15,17H2,1-2H3,(H,25,29). The summed E-state index contributed by atoms with van der Waals surface area (Å²) in [5, 5.41) is 11.5. The molecular weight excluding hydrogens is 442 g/mol. The fourth-order valence-electron chi connectivity index (χ4n) is 3.64. The first-order valence-electron chi connectivity index (χ1n) is 10.6. The van der Waals surface area contributed by atoms with Crippen LogP contribution in [0.3, 0.4) is 0 Å². The minimum absolute atomic E-state index is 0.0507. The van der Waals surface area contributed by atoms with Crippen LogP contribution in [0.2, 0.25) is 0 Å². The van der Waals surface area contributed by atoms with Gasteiger partial charge in [0, 0.05) is 51.5 Å². The third-order valence-electron chi connectivity index (χ3n) is 5.45. The summed E-state index contributed by atoms with van der Waals surface area (Å²) >= 11 is 0. The van der Waals surface area contributed by atoms with Crippen molar-refractivity contribution in [2.24, 2.45) is 0 Å². The smallest absolute Gasteiger partial charge is 0.243 e. The van der Waals surface area contributed by atoms with E-state index in [0.29, 0.717) is 30.9 Å². The second-order valence-electron chi connectivity index (χ2n) is 7.85. The highest BCUT2D eigenvalue weighted by Gasteiger charge is 2.26. The Morgan fingerprint density at radius 3 is 2.30 bits per heavy atom. The van der Waals surface area contributed by atoms with Crippen molar-refractivity contribution in [3.63, 3.8) is 0 Å². The van der Waals surface area contributed by atoms with Crippen LogP contribution in [0.4, 0.5) is 11.4 Å². The first-order chi connectivity index (χ1) is 15.7. The Labute approximate surface area is 194 Å². The molecule has 1 aliphatic rings. The number of carbonyl (C=O) groups is 2. The molecule has 9 nitrogen and oxygen atoms in total. The van der Waals surface area contributed by atoms with Crippen LogP contribution in [-0.2, 0) is 19.6 Å². The number of anilines is 2. The first kappa shape index (κ1) is 24.2. The molecule has 2 amide bonds. The monoisotopic (exact) mass is 469 g/mol. The van der Waals surface area contributed by atoms with E-state index in [1.165, 1.54) is 38.2 Å². The third-order valence-corrected chi connectivity index (χ3v) is 7.27. The van der Waals surface area contributed by atoms with Gasteiger partial charge in [0.2, 0.25) is 21.8 Å². The Bertz CT molecular complexity index is 1140. The molecule has 0 spiro atoms. The van der Waals surface area contributed by atoms with E-state index < -0.39 is 10.0 Å². The van der Waals surface area contributed by atoms with E-state index in [1.54, 1.807) is 17.0 Å². The van der Waals surface area contributed by atoms with Crippen LogP contribution in [0.25, 0.3) is 0 Å². The van der Waals surface area contributed by atoms with Crippen LogP contribution in [0, 0.1) is 11.3 Å². The highest BCUT2D eigenvalue weighted by molar-refractivity contribution is 7.89. The second-order valence-corrected chi connectivity index (χ2v) is 9.89. The number of carbonyl (C=O) groups excluding carboxylic acids is 2. The Morgan fingerprint density at radius 1 is 1.03 bits per heavy atom. The van der Waals surface area contributed by atoms with Crippen LogP contribution in [0.15, 0.2) is 53.4 Å². The maximum Gasteiger partial charge on any atom is 0.243 e. The van der Waals surface area contributed by atoms with Crippen LogP contribution in [0.5, 0.6) is 0 Å². The van der Waals surface area contributed by atoms with Gasteiger partial charge in [-0.25, -0.2) is 8.42 Å². The van der Waals surface area contributed by atoms with Gasteiger partial charge < -0.3 is 15.1 Å². The molecule has 1 saturated heterocycles. The van der Waals surface area contributed by atoms with Gasteiger partial charge in [0.05, 0.1) is 23.1 Å². The second kappa shape index (κ2) is 10.5. The van der Waals surface area contributed by atoms with Gasteiger partial charge in [0.15, 0.2) is 0 Å². The van der Waals surface area contributed by atoms with Gasteiger partial charge in [-0.3, -0.25) is 9.59 Å². The predicted molar refractivity (Wildman–Crippen MR) is 125 cm³/mol. The molecule has 1 N–H and O–H groups in total. The minimum Gasteiger partial charge on any atom is -0.370 e. The summed E-state index contributed by atoms with van der Waals surface area (Å²) in [6.07, 6.45) is 0.757. The molecule has 1 heterocycles. The number of nitrogens with one attached hydrogen (secondary N) is 1. The van der Waals surface area contributed by atoms with E-state index in [2.05, 4.69) is 16.3 Å². The fourth-order valence-corrected chi connectivity index (χ4v) is 4.76. The molecule has 3 rings (SSSR count). The summed E-state index contributed by atoms with van der Waals surface area (Å²) < 4.78 is 26.8. The highest BCUT2D eigenvalue weighted by Crippen LogP contribution is 2.19. The largest absolute Gasteiger partial charge is 0.370 e. The quantitative estimate of drug-likeness (QED) is 0.691. The molecule has 10 heteroatoms. The van der Waals surface area contributed by atoms with E-state index >= 15 is 0 Å². The van der Waals surface area contributed by atoms with Crippen molar-refractivity contribution in [1.82, 2.24) is 9.21 Å². The van der Waals surface area contributed by atoms with Crippen LogP contribution in [-0.4, -0.2) is 69.2 Å². The maximum absolute atomic E-state index is 12.9. The summed E-state index contributed by atoms with van der Waals surface area (Å²) in [6, 6.07) is 15.3. The lowest BCUT2D eigenvalue weighted by Gasteiger charge is -2.25. The summed E-state index contributed by atoms with van der Waals surface area (Å²) in [7, 11) is -2.47. The Balaban J connectivity index is 1.60. The molecule has 0 atom stereocenters. The van der Waals surface area contributed by atoms with Crippen molar-refractivity contribution < 1.29 is 18.0 Å². The number of hydrogen-bond acceptors (Lipinski definition) is 6. The van der Waals surface area contributed by atoms with Gasteiger partial charge in [-0.15, -0.1) is 0 Å². The zero-order valence-electron chi connectivity index (χ0n) is 18.7. The average Bonchev–Trinajstić information content (AvgIpc) is 3.05. The van der Waals surface area contributed by atoms with Crippen molar-refractivity contribution in [1.29, 1.82) is 5.26 Å². The minimum atomic E-state index is -3.85. The van der Waals surface area contributed by atoms with E-state index in [0.717, 1.165) is 23.0 Å². The SMILES string of the molecule is CC(=O)Nc1ccc(S(=O)(=O)N(C)CC(=O)N2CCCN(c3ccc(C#N)cc3)CC2)cc1. The van der Waals surface area contributed by atoms with Gasteiger partial charge in [0.25, 0.3) is 0 Å². The van der Waals surface area contributed by atoms with E-state index in [9.17, 15) is 18.0 Å². The Hall–Kier alpha value is -3.42. The zero-order chi connectivity index (χ0) is 24.0. The molecule has 0 aromatic heterocycles. The maximum atomic E-state index is 12.9. The molecule has 0 radical (unpaired) electrons. The molecule has 0 bridgehead atoms. The Kier molecular flexibility index (Phi) is 7.68. The number of nitrogens with zero attached hydrogens (tertiary/aromatic N) is 4. The number of amides is 2. The number of nitriles is 1. The van der Waals surface area contributed by atoms with E-state index in [1.807, 2.05) is 12.1 Å². The number of benzene rings is 2. The zero-order valence-corrected chi connectivity index (χ0v) is 19.5. The van der Waals surface area contributed by atoms with Crippen molar-refractivity contribution in [3.8, 4) is 6.07 Å².